The van der Waals surface area contributed by atoms with E-state index in [4.69, 9.17) is 0 Å². The van der Waals surface area contributed by atoms with Crippen molar-refractivity contribution in [3.8, 4) is 0 Å². The van der Waals surface area contributed by atoms with E-state index in [-0.39, 0.29) is 12.1 Å². The van der Waals surface area contributed by atoms with Gasteiger partial charge in [0.05, 0.1) is 12.1 Å². The van der Waals surface area contributed by atoms with Gasteiger partial charge in [-0.1, -0.05) is 54.6 Å². The fourth-order valence-electron chi connectivity index (χ4n) is 4.38. The first-order valence-electron chi connectivity index (χ1n) is 11.1. The molecule has 6 nitrogen and oxygen atoms in total. The second-order valence-corrected chi connectivity index (χ2v) is 8.36. The number of rotatable bonds is 6. The van der Waals surface area contributed by atoms with Gasteiger partial charge < -0.3 is 15.2 Å². The summed E-state index contributed by atoms with van der Waals surface area (Å²) in [6.07, 6.45) is 2.98. The molecule has 0 saturated heterocycles. The molecule has 2 atom stereocenters. The first-order valence-corrected chi connectivity index (χ1v) is 11.1. The quantitative estimate of drug-likeness (QED) is 0.591. The molecule has 32 heavy (non-hydrogen) atoms. The number of nitrogens with one attached hydrogen (secondary N) is 2. The van der Waals surface area contributed by atoms with Crippen molar-refractivity contribution < 1.29 is 9.59 Å². The maximum atomic E-state index is 12.6. The molecule has 2 N–H and O–H groups in total. The van der Waals surface area contributed by atoms with E-state index in [1.807, 2.05) is 56.6 Å². The Morgan fingerprint density at radius 2 is 1.66 bits per heavy atom. The number of carbonyl (C=O) groups is 2. The fourth-order valence-corrected chi connectivity index (χ4v) is 4.38. The van der Waals surface area contributed by atoms with Crippen molar-refractivity contribution in [3.63, 3.8) is 0 Å². The lowest BCUT2D eigenvalue weighted by molar-refractivity contribution is -0.139. The lowest BCUT2D eigenvalue weighted by Gasteiger charge is -2.36. The lowest BCUT2D eigenvalue weighted by atomic mass is 9.98. The molecule has 0 radical (unpaired) electrons. The molecule has 166 valence electrons. The molecule has 2 aromatic carbocycles. The average molecular weight is 431 g/mol. The molecule has 0 aliphatic carbocycles. The molecular formula is C26H30N4O2. The Morgan fingerprint density at radius 1 is 0.938 bits per heavy atom. The van der Waals surface area contributed by atoms with Crippen LogP contribution in [-0.4, -0.2) is 34.4 Å². The van der Waals surface area contributed by atoms with E-state index in [1.165, 1.54) is 11.1 Å². The third-order valence-corrected chi connectivity index (χ3v) is 6.24. The summed E-state index contributed by atoms with van der Waals surface area (Å²) < 4.78 is 2.08. The van der Waals surface area contributed by atoms with Crippen LogP contribution in [-0.2, 0) is 29.6 Å². The van der Waals surface area contributed by atoms with Crippen molar-refractivity contribution in [2.75, 3.05) is 13.1 Å². The van der Waals surface area contributed by atoms with E-state index >= 15 is 0 Å². The Morgan fingerprint density at radius 3 is 2.38 bits per heavy atom. The lowest BCUT2D eigenvalue weighted by Crippen LogP contribution is -2.45. The van der Waals surface area contributed by atoms with Crippen LogP contribution in [0.25, 0.3) is 0 Å². The molecule has 0 spiro atoms. The van der Waals surface area contributed by atoms with Crippen LogP contribution in [0, 0.1) is 0 Å². The number of benzene rings is 2. The van der Waals surface area contributed by atoms with Crippen LogP contribution >= 0.6 is 0 Å². The number of aromatic nitrogens is 1. The van der Waals surface area contributed by atoms with Gasteiger partial charge in [-0.05, 0) is 42.2 Å². The summed E-state index contributed by atoms with van der Waals surface area (Å²) >= 11 is 0. The van der Waals surface area contributed by atoms with Crippen LogP contribution in [0.1, 0.15) is 41.4 Å². The minimum absolute atomic E-state index is 0.0216. The van der Waals surface area contributed by atoms with Crippen LogP contribution in [0.3, 0.4) is 0 Å². The SMILES string of the molecule is CC(NC(=O)C(=O)NCC(c1cccn1C)N1CCc2ccccc2C1)c1ccccc1. The monoisotopic (exact) mass is 430 g/mol. The average Bonchev–Trinajstić information content (AvgIpc) is 3.25. The summed E-state index contributed by atoms with van der Waals surface area (Å²) in [5.41, 5.74) is 4.77. The van der Waals surface area contributed by atoms with Crippen LogP contribution in [0.4, 0.5) is 0 Å². The van der Waals surface area contributed by atoms with Crippen molar-refractivity contribution in [1.82, 2.24) is 20.1 Å². The van der Waals surface area contributed by atoms with E-state index < -0.39 is 11.8 Å². The fraction of sp³-hybridized carbons (Fsp3) is 0.308. The van der Waals surface area contributed by atoms with Crippen LogP contribution in [0.5, 0.6) is 0 Å². The van der Waals surface area contributed by atoms with Crippen molar-refractivity contribution in [2.24, 2.45) is 7.05 Å². The summed E-state index contributed by atoms with van der Waals surface area (Å²) in [6.45, 7) is 3.96. The number of nitrogens with zero attached hydrogens (tertiary/aromatic N) is 2. The molecule has 2 amide bonds. The summed E-state index contributed by atoms with van der Waals surface area (Å²) in [4.78, 5) is 27.5. The highest BCUT2D eigenvalue weighted by Crippen LogP contribution is 2.27. The number of fused-ring (bicyclic) bond motifs is 1. The second-order valence-electron chi connectivity index (χ2n) is 8.36. The van der Waals surface area contributed by atoms with Crippen molar-refractivity contribution in [1.29, 1.82) is 0 Å². The Balaban J connectivity index is 1.42. The molecule has 1 aromatic heterocycles. The topological polar surface area (TPSA) is 66.4 Å². The van der Waals surface area contributed by atoms with Gasteiger partial charge in [-0.15, -0.1) is 0 Å². The van der Waals surface area contributed by atoms with E-state index in [1.54, 1.807) is 0 Å². The van der Waals surface area contributed by atoms with Crippen LogP contribution in [0.2, 0.25) is 0 Å². The third kappa shape index (κ3) is 4.92. The van der Waals surface area contributed by atoms with Crippen molar-refractivity contribution >= 4 is 11.8 Å². The first-order chi connectivity index (χ1) is 15.5. The molecule has 4 rings (SSSR count). The van der Waals surface area contributed by atoms with Gasteiger partial charge in [0.15, 0.2) is 0 Å². The predicted octanol–water partition coefficient (Wildman–Crippen LogP) is 3.12. The van der Waals surface area contributed by atoms with Gasteiger partial charge in [0.25, 0.3) is 0 Å². The number of hydrogen-bond donors (Lipinski definition) is 2. The zero-order valence-electron chi connectivity index (χ0n) is 18.6. The second kappa shape index (κ2) is 9.83. The van der Waals surface area contributed by atoms with E-state index in [9.17, 15) is 9.59 Å². The van der Waals surface area contributed by atoms with Gasteiger partial charge in [-0.3, -0.25) is 14.5 Å². The van der Waals surface area contributed by atoms with Gasteiger partial charge in [-0.2, -0.15) is 0 Å². The third-order valence-electron chi connectivity index (χ3n) is 6.24. The molecule has 2 unspecified atom stereocenters. The Hall–Kier alpha value is -3.38. The molecule has 3 aromatic rings. The highest BCUT2D eigenvalue weighted by atomic mass is 16.2. The molecular weight excluding hydrogens is 400 g/mol. The highest BCUT2D eigenvalue weighted by molar-refractivity contribution is 6.35. The van der Waals surface area contributed by atoms with Gasteiger partial charge >= 0.3 is 11.8 Å². The molecule has 0 fully saturated rings. The minimum atomic E-state index is -0.615. The summed E-state index contributed by atoms with van der Waals surface area (Å²) in [5, 5.41) is 5.66. The molecule has 6 heteroatoms. The highest BCUT2D eigenvalue weighted by Gasteiger charge is 2.27. The largest absolute Gasteiger partial charge is 0.353 e. The number of hydrogen-bond acceptors (Lipinski definition) is 3. The molecule has 1 aliphatic rings. The normalized spacial score (nSPS) is 15.4. The summed E-state index contributed by atoms with van der Waals surface area (Å²) in [5.74, 6) is -1.22. The van der Waals surface area contributed by atoms with Gasteiger partial charge in [0, 0.05) is 38.6 Å². The van der Waals surface area contributed by atoms with E-state index in [0.29, 0.717) is 6.54 Å². The molecule has 0 bridgehead atoms. The summed E-state index contributed by atoms with van der Waals surface area (Å²) in [6, 6.07) is 22.0. The standard InChI is InChI=1S/C26H30N4O2/c1-19(20-9-4-3-5-10-20)28-26(32)25(31)27-17-24(23-13-8-15-29(23)2)30-16-14-21-11-6-7-12-22(21)18-30/h3-13,15,19,24H,14,16-18H2,1-2H3,(H,27,31)(H,28,32). The Bertz CT molecular complexity index is 1080. The Labute approximate surface area is 189 Å². The maximum absolute atomic E-state index is 12.6. The molecule has 2 heterocycles. The first kappa shape index (κ1) is 21.8. The van der Waals surface area contributed by atoms with Crippen LogP contribution in [0.15, 0.2) is 72.9 Å². The van der Waals surface area contributed by atoms with Crippen LogP contribution < -0.4 is 10.6 Å². The van der Waals surface area contributed by atoms with Gasteiger partial charge in [-0.25, -0.2) is 0 Å². The van der Waals surface area contributed by atoms with Crippen molar-refractivity contribution in [2.45, 2.75) is 32.0 Å². The number of carbonyl (C=O) groups excluding carboxylic acids is 2. The smallest absolute Gasteiger partial charge is 0.309 e. The maximum Gasteiger partial charge on any atom is 0.309 e. The van der Waals surface area contributed by atoms with E-state index in [0.717, 1.165) is 30.8 Å². The molecule has 0 saturated carbocycles. The number of aryl methyl sites for hydroxylation is 1. The van der Waals surface area contributed by atoms with Gasteiger partial charge in [0.2, 0.25) is 0 Å². The predicted molar refractivity (Wildman–Crippen MR) is 125 cm³/mol. The van der Waals surface area contributed by atoms with Gasteiger partial charge in [0.1, 0.15) is 0 Å². The summed E-state index contributed by atoms with van der Waals surface area (Å²) in [7, 11) is 2.01. The number of amides is 2. The zero-order chi connectivity index (χ0) is 22.5. The zero-order valence-corrected chi connectivity index (χ0v) is 18.6. The van der Waals surface area contributed by atoms with E-state index in [2.05, 4.69) is 50.4 Å². The minimum Gasteiger partial charge on any atom is -0.353 e. The molecule has 1 aliphatic heterocycles. The Kier molecular flexibility index (Phi) is 6.71. The van der Waals surface area contributed by atoms with Crippen molar-refractivity contribution in [3.05, 3.63) is 95.3 Å².